The van der Waals surface area contributed by atoms with Crippen molar-refractivity contribution in [3.05, 3.63) is 17.7 Å². The van der Waals surface area contributed by atoms with Gasteiger partial charge in [-0.05, 0) is 38.0 Å². The molecule has 21 heavy (non-hydrogen) atoms. The molecular weight excluding hydrogens is 280 g/mol. The third kappa shape index (κ3) is 4.27. The van der Waals surface area contributed by atoms with Crippen molar-refractivity contribution in [3.8, 4) is 17.2 Å². The SMILES string of the molecule is CCOC(=O)C(Cc1cc(O)c(O)c(O)c1)C(=O)OCC. The number of phenols is 3. The van der Waals surface area contributed by atoms with Crippen LogP contribution in [0.15, 0.2) is 12.1 Å². The molecule has 0 saturated carbocycles. The Balaban J connectivity index is 3.00. The lowest BCUT2D eigenvalue weighted by atomic mass is 9.98. The zero-order valence-corrected chi connectivity index (χ0v) is 11.8. The molecule has 0 spiro atoms. The molecule has 116 valence electrons. The van der Waals surface area contributed by atoms with Crippen LogP contribution in [0.5, 0.6) is 17.2 Å². The molecule has 0 radical (unpaired) electrons. The Morgan fingerprint density at radius 1 is 1.00 bits per heavy atom. The Labute approximate surface area is 121 Å². The second-order valence-corrected chi connectivity index (χ2v) is 4.24. The van der Waals surface area contributed by atoms with Crippen molar-refractivity contribution in [2.24, 2.45) is 5.92 Å². The first-order valence-electron chi connectivity index (χ1n) is 6.47. The number of hydrogen-bond acceptors (Lipinski definition) is 7. The second-order valence-electron chi connectivity index (χ2n) is 4.24. The second kappa shape index (κ2) is 7.37. The average Bonchev–Trinajstić information content (AvgIpc) is 2.42. The summed E-state index contributed by atoms with van der Waals surface area (Å²) in [7, 11) is 0. The van der Waals surface area contributed by atoms with E-state index in [9.17, 15) is 24.9 Å². The molecule has 7 nitrogen and oxygen atoms in total. The van der Waals surface area contributed by atoms with E-state index in [0.717, 1.165) is 12.1 Å². The van der Waals surface area contributed by atoms with Crippen LogP contribution in [0.1, 0.15) is 19.4 Å². The van der Waals surface area contributed by atoms with Gasteiger partial charge in [0, 0.05) is 0 Å². The Morgan fingerprint density at radius 3 is 1.81 bits per heavy atom. The predicted molar refractivity (Wildman–Crippen MR) is 71.9 cm³/mol. The Kier molecular flexibility index (Phi) is 5.83. The summed E-state index contributed by atoms with van der Waals surface area (Å²) in [4.78, 5) is 23.6. The van der Waals surface area contributed by atoms with Crippen molar-refractivity contribution in [2.45, 2.75) is 20.3 Å². The van der Waals surface area contributed by atoms with Gasteiger partial charge in [0.15, 0.2) is 23.2 Å². The molecule has 1 rings (SSSR count). The highest BCUT2D eigenvalue weighted by atomic mass is 16.6. The van der Waals surface area contributed by atoms with Crippen LogP contribution in [0.3, 0.4) is 0 Å². The van der Waals surface area contributed by atoms with Crippen molar-refractivity contribution in [1.29, 1.82) is 0 Å². The van der Waals surface area contributed by atoms with Crippen LogP contribution < -0.4 is 0 Å². The van der Waals surface area contributed by atoms with Crippen molar-refractivity contribution < 1.29 is 34.4 Å². The molecule has 0 saturated heterocycles. The fraction of sp³-hybridized carbons (Fsp3) is 0.429. The topological polar surface area (TPSA) is 113 Å². The van der Waals surface area contributed by atoms with Crippen molar-refractivity contribution in [2.75, 3.05) is 13.2 Å². The molecule has 0 heterocycles. The minimum Gasteiger partial charge on any atom is -0.504 e. The summed E-state index contributed by atoms with van der Waals surface area (Å²) >= 11 is 0. The maximum absolute atomic E-state index is 11.8. The standard InChI is InChI=1S/C14H18O7/c1-3-20-13(18)9(14(19)21-4-2)5-8-6-10(15)12(17)11(16)7-8/h6-7,9,15-17H,3-5H2,1-2H3. The van der Waals surface area contributed by atoms with Gasteiger partial charge in [0.25, 0.3) is 0 Å². The normalized spacial score (nSPS) is 10.4. The molecule has 0 unspecified atom stereocenters. The fourth-order valence-corrected chi connectivity index (χ4v) is 1.76. The van der Waals surface area contributed by atoms with Crippen LogP contribution >= 0.6 is 0 Å². The van der Waals surface area contributed by atoms with Crippen molar-refractivity contribution in [1.82, 2.24) is 0 Å². The van der Waals surface area contributed by atoms with Crippen LogP contribution in [0.2, 0.25) is 0 Å². The van der Waals surface area contributed by atoms with E-state index >= 15 is 0 Å². The van der Waals surface area contributed by atoms with Gasteiger partial charge in [-0.1, -0.05) is 0 Å². The molecule has 7 heteroatoms. The lowest BCUT2D eigenvalue weighted by Crippen LogP contribution is -2.30. The van der Waals surface area contributed by atoms with E-state index in [1.54, 1.807) is 13.8 Å². The molecule has 0 aromatic heterocycles. The van der Waals surface area contributed by atoms with E-state index in [0.29, 0.717) is 0 Å². The predicted octanol–water partition coefficient (Wildman–Crippen LogP) is 1.09. The van der Waals surface area contributed by atoms with Gasteiger partial charge in [0.1, 0.15) is 0 Å². The lowest BCUT2D eigenvalue weighted by Gasteiger charge is -2.15. The van der Waals surface area contributed by atoms with E-state index in [2.05, 4.69) is 0 Å². The van der Waals surface area contributed by atoms with E-state index in [1.165, 1.54) is 0 Å². The molecule has 0 aliphatic heterocycles. The molecule has 0 atom stereocenters. The van der Waals surface area contributed by atoms with Gasteiger partial charge < -0.3 is 24.8 Å². The number of phenolic OH excluding ortho intramolecular Hbond substituents is 3. The van der Waals surface area contributed by atoms with E-state index < -0.39 is 35.1 Å². The zero-order valence-electron chi connectivity index (χ0n) is 11.8. The van der Waals surface area contributed by atoms with E-state index in [1.807, 2.05) is 0 Å². The number of rotatable bonds is 6. The van der Waals surface area contributed by atoms with Crippen LogP contribution in [0, 0.1) is 5.92 Å². The summed E-state index contributed by atoms with van der Waals surface area (Å²) in [5.74, 6) is -4.45. The monoisotopic (exact) mass is 298 g/mol. The first kappa shape index (κ1) is 16.6. The largest absolute Gasteiger partial charge is 0.504 e. The van der Waals surface area contributed by atoms with Crippen LogP contribution in [-0.2, 0) is 25.5 Å². The first-order valence-corrected chi connectivity index (χ1v) is 6.47. The summed E-state index contributed by atoms with van der Waals surface area (Å²) < 4.78 is 9.63. The van der Waals surface area contributed by atoms with Gasteiger partial charge in [0.2, 0.25) is 0 Å². The highest BCUT2D eigenvalue weighted by Gasteiger charge is 2.30. The Morgan fingerprint density at radius 2 is 1.43 bits per heavy atom. The summed E-state index contributed by atoms with van der Waals surface area (Å²) in [5, 5.41) is 28.1. The number of ether oxygens (including phenoxy) is 2. The number of carbonyl (C=O) groups is 2. The van der Waals surface area contributed by atoms with Crippen molar-refractivity contribution >= 4 is 11.9 Å². The minimum absolute atomic E-state index is 0.112. The summed E-state index contributed by atoms with van der Waals surface area (Å²) in [6.07, 6.45) is -0.126. The van der Waals surface area contributed by atoms with Gasteiger partial charge in [-0.2, -0.15) is 0 Å². The minimum atomic E-state index is -1.20. The maximum Gasteiger partial charge on any atom is 0.320 e. The molecule has 0 aliphatic rings. The molecule has 3 N–H and O–H groups in total. The molecule has 1 aromatic rings. The molecule has 0 bridgehead atoms. The van der Waals surface area contributed by atoms with Gasteiger partial charge in [-0.3, -0.25) is 9.59 Å². The molecular formula is C14H18O7. The number of benzene rings is 1. The van der Waals surface area contributed by atoms with Gasteiger partial charge in [-0.25, -0.2) is 0 Å². The maximum atomic E-state index is 11.8. The van der Waals surface area contributed by atoms with Crippen LogP contribution in [0.4, 0.5) is 0 Å². The Bertz CT molecular complexity index is 483. The highest BCUT2D eigenvalue weighted by molar-refractivity contribution is 5.95. The molecule has 0 aliphatic carbocycles. The van der Waals surface area contributed by atoms with E-state index in [-0.39, 0.29) is 25.2 Å². The van der Waals surface area contributed by atoms with Gasteiger partial charge >= 0.3 is 11.9 Å². The molecule has 0 amide bonds. The molecule has 1 aromatic carbocycles. The van der Waals surface area contributed by atoms with Crippen molar-refractivity contribution in [3.63, 3.8) is 0 Å². The first-order chi connectivity index (χ1) is 9.90. The molecule has 0 fully saturated rings. The number of carbonyl (C=O) groups excluding carboxylic acids is 2. The third-order valence-corrected chi connectivity index (χ3v) is 2.71. The summed E-state index contributed by atoms with van der Waals surface area (Å²) in [6.45, 7) is 3.44. The van der Waals surface area contributed by atoms with E-state index in [4.69, 9.17) is 9.47 Å². The van der Waals surface area contributed by atoms with Crippen LogP contribution in [0.25, 0.3) is 0 Å². The number of esters is 2. The average molecular weight is 298 g/mol. The summed E-state index contributed by atoms with van der Waals surface area (Å²) in [6, 6.07) is 2.31. The van der Waals surface area contributed by atoms with Gasteiger partial charge in [0.05, 0.1) is 13.2 Å². The smallest absolute Gasteiger partial charge is 0.320 e. The lowest BCUT2D eigenvalue weighted by molar-refractivity contribution is -0.161. The van der Waals surface area contributed by atoms with Crippen LogP contribution in [-0.4, -0.2) is 40.5 Å². The highest BCUT2D eigenvalue weighted by Crippen LogP contribution is 2.36. The number of aromatic hydroxyl groups is 3. The number of hydrogen-bond donors (Lipinski definition) is 3. The summed E-state index contributed by atoms with van der Waals surface area (Å²) in [5.41, 5.74) is 0.286. The van der Waals surface area contributed by atoms with Gasteiger partial charge in [-0.15, -0.1) is 0 Å². The zero-order chi connectivity index (χ0) is 16.0. The quantitative estimate of drug-likeness (QED) is 0.409. The fourth-order valence-electron chi connectivity index (χ4n) is 1.76. The third-order valence-electron chi connectivity index (χ3n) is 2.71. The Hall–Kier alpha value is -2.44.